The number of carbonyl (C=O) groups is 1. The molecule has 0 aliphatic heterocycles. The smallest absolute Gasteiger partial charge is 0.225 e. The molecule has 4 heteroatoms. The van der Waals surface area contributed by atoms with Crippen molar-refractivity contribution in [3.63, 3.8) is 0 Å². The third-order valence-corrected chi connectivity index (χ3v) is 3.30. The first-order valence-electron chi connectivity index (χ1n) is 6.49. The Labute approximate surface area is 113 Å². The molecule has 1 heterocycles. The van der Waals surface area contributed by atoms with E-state index in [-0.39, 0.29) is 11.3 Å². The first kappa shape index (κ1) is 13.6. The molecule has 2 rings (SSSR count). The van der Waals surface area contributed by atoms with Gasteiger partial charge in [0.15, 0.2) is 0 Å². The van der Waals surface area contributed by atoms with Gasteiger partial charge < -0.3 is 9.88 Å². The maximum atomic E-state index is 11.8. The quantitative estimate of drug-likeness (QED) is 0.901. The van der Waals surface area contributed by atoms with Gasteiger partial charge in [0.2, 0.25) is 5.91 Å². The third kappa shape index (κ3) is 2.78. The summed E-state index contributed by atoms with van der Waals surface area (Å²) in [6, 6.07) is 6.12. The molecule has 1 N–H and O–H groups in total. The number of carbonyl (C=O) groups excluding carboxylic acids is 1. The Morgan fingerprint density at radius 2 is 2.05 bits per heavy atom. The van der Waals surface area contributed by atoms with Crippen LogP contribution in [0.25, 0.3) is 11.0 Å². The van der Waals surface area contributed by atoms with Crippen molar-refractivity contribution in [1.29, 1.82) is 0 Å². The number of amides is 1. The largest absolute Gasteiger partial charge is 0.352 e. The summed E-state index contributed by atoms with van der Waals surface area (Å²) in [6.07, 6.45) is 0. The number of imidazole rings is 1. The van der Waals surface area contributed by atoms with Gasteiger partial charge in [-0.25, -0.2) is 4.98 Å². The predicted octanol–water partition coefficient (Wildman–Crippen LogP) is 2.54. The van der Waals surface area contributed by atoms with E-state index in [2.05, 4.69) is 14.9 Å². The fraction of sp³-hybridized carbons (Fsp3) is 0.467. The van der Waals surface area contributed by atoms with Gasteiger partial charge in [0, 0.05) is 19.0 Å². The Balaban J connectivity index is 2.16. The van der Waals surface area contributed by atoms with Gasteiger partial charge in [-0.2, -0.15) is 0 Å². The van der Waals surface area contributed by atoms with Crippen molar-refractivity contribution in [2.75, 3.05) is 0 Å². The second-order valence-corrected chi connectivity index (χ2v) is 5.97. The molecule has 1 amide bonds. The zero-order valence-electron chi connectivity index (χ0n) is 12.2. The minimum absolute atomic E-state index is 0.0600. The normalized spacial score (nSPS) is 11.8. The van der Waals surface area contributed by atoms with E-state index in [0.29, 0.717) is 6.54 Å². The second kappa shape index (κ2) is 4.68. The van der Waals surface area contributed by atoms with Gasteiger partial charge in [-0.05, 0) is 24.6 Å². The van der Waals surface area contributed by atoms with E-state index in [1.165, 1.54) is 0 Å². The summed E-state index contributed by atoms with van der Waals surface area (Å²) in [6.45, 7) is 8.26. The maximum absolute atomic E-state index is 11.8. The highest BCUT2D eigenvalue weighted by Gasteiger charge is 2.20. The van der Waals surface area contributed by atoms with Crippen molar-refractivity contribution in [2.24, 2.45) is 12.5 Å². The van der Waals surface area contributed by atoms with E-state index in [1.54, 1.807) is 0 Å². The maximum Gasteiger partial charge on any atom is 0.225 e. The fourth-order valence-electron chi connectivity index (χ4n) is 1.92. The van der Waals surface area contributed by atoms with E-state index < -0.39 is 0 Å². The Bertz CT molecular complexity index is 620. The number of nitrogens with one attached hydrogen (secondary N) is 1. The van der Waals surface area contributed by atoms with Gasteiger partial charge in [-0.1, -0.05) is 26.8 Å². The van der Waals surface area contributed by atoms with Crippen LogP contribution in [0.1, 0.15) is 32.2 Å². The summed E-state index contributed by atoms with van der Waals surface area (Å²) in [5, 5.41) is 2.95. The molecule has 0 saturated carbocycles. The highest BCUT2D eigenvalue weighted by molar-refractivity contribution is 5.81. The van der Waals surface area contributed by atoms with Gasteiger partial charge in [0.05, 0.1) is 11.0 Å². The Morgan fingerprint density at radius 3 is 2.68 bits per heavy atom. The van der Waals surface area contributed by atoms with Crippen LogP contribution in [0, 0.1) is 12.3 Å². The fourth-order valence-corrected chi connectivity index (χ4v) is 1.92. The number of hydrogen-bond acceptors (Lipinski definition) is 2. The lowest BCUT2D eigenvalue weighted by molar-refractivity contribution is -0.128. The van der Waals surface area contributed by atoms with Gasteiger partial charge in [-0.3, -0.25) is 4.79 Å². The van der Waals surface area contributed by atoms with Gasteiger partial charge in [0.25, 0.3) is 0 Å². The minimum Gasteiger partial charge on any atom is -0.352 e. The first-order valence-corrected chi connectivity index (χ1v) is 6.49. The lowest BCUT2D eigenvalue weighted by Crippen LogP contribution is -2.34. The van der Waals surface area contributed by atoms with E-state index in [0.717, 1.165) is 22.4 Å². The molecular formula is C15H21N3O. The Morgan fingerprint density at radius 1 is 1.37 bits per heavy atom. The molecule has 0 radical (unpaired) electrons. The van der Waals surface area contributed by atoms with Crippen LogP contribution in [-0.2, 0) is 18.4 Å². The highest BCUT2D eigenvalue weighted by atomic mass is 16.2. The molecule has 0 saturated heterocycles. The van der Waals surface area contributed by atoms with Crippen molar-refractivity contribution in [2.45, 2.75) is 34.2 Å². The highest BCUT2D eigenvalue weighted by Crippen LogP contribution is 2.17. The van der Waals surface area contributed by atoms with Crippen molar-refractivity contribution >= 4 is 16.9 Å². The molecule has 2 aromatic rings. The van der Waals surface area contributed by atoms with E-state index in [1.807, 2.05) is 52.9 Å². The van der Waals surface area contributed by atoms with E-state index in [4.69, 9.17) is 0 Å². The molecule has 1 aromatic carbocycles. The predicted molar refractivity (Wildman–Crippen MR) is 76.8 cm³/mol. The third-order valence-electron chi connectivity index (χ3n) is 3.30. The van der Waals surface area contributed by atoms with Crippen LogP contribution in [0.3, 0.4) is 0 Å². The summed E-state index contributed by atoms with van der Waals surface area (Å²) < 4.78 is 2.06. The topological polar surface area (TPSA) is 46.9 Å². The van der Waals surface area contributed by atoms with Crippen molar-refractivity contribution in [3.05, 3.63) is 29.6 Å². The minimum atomic E-state index is -0.355. The van der Waals surface area contributed by atoms with Crippen LogP contribution in [-0.4, -0.2) is 15.5 Å². The molecule has 4 nitrogen and oxygen atoms in total. The average Bonchev–Trinajstić information content (AvgIpc) is 2.60. The zero-order valence-corrected chi connectivity index (χ0v) is 12.2. The van der Waals surface area contributed by atoms with Gasteiger partial charge >= 0.3 is 0 Å². The van der Waals surface area contributed by atoms with Gasteiger partial charge in [0.1, 0.15) is 5.82 Å². The summed E-state index contributed by atoms with van der Waals surface area (Å²) in [7, 11) is 2.01. The summed E-state index contributed by atoms with van der Waals surface area (Å²) in [5.41, 5.74) is 2.81. The molecule has 102 valence electrons. The number of rotatable bonds is 2. The van der Waals surface area contributed by atoms with Crippen LogP contribution in [0.5, 0.6) is 0 Å². The molecule has 0 aliphatic carbocycles. The average molecular weight is 259 g/mol. The standard InChI is InChI=1S/C15H21N3O/c1-10-17-12-8-11(6-7-13(12)18(10)5)9-16-14(19)15(2,3)4/h6-8H,9H2,1-5H3,(H,16,19). The van der Waals surface area contributed by atoms with Crippen molar-refractivity contribution < 1.29 is 4.79 Å². The first-order chi connectivity index (χ1) is 8.79. The molecular weight excluding hydrogens is 238 g/mol. The zero-order chi connectivity index (χ0) is 14.2. The number of nitrogens with zero attached hydrogens (tertiary/aromatic N) is 2. The van der Waals surface area contributed by atoms with Crippen LogP contribution >= 0.6 is 0 Å². The summed E-state index contributed by atoms with van der Waals surface area (Å²) >= 11 is 0. The summed E-state index contributed by atoms with van der Waals surface area (Å²) in [4.78, 5) is 16.3. The molecule has 0 aliphatic rings. The van der Waals surface area contributed by atoms with Crippen LogP contribution in [0.2, 0.25) is 0 Å². The number of hydrogen-bond donors (Lipinski definition) is 1. The Kier molecular flexibility index (Phi) is 3.35. The van der Waals surface area contributed by atoms with E-state index in [9.17, 15) is 4.79 Å². The molecule has 19 heavy (non-hydrogen) atoms. The molecule has 0 fully saturated rings. The molecule has 1 aromatic heterocycles. The lowest BCUT2D eigenvalue weighted by atomic mass is 9.95. The molecule has 0 atom stereocenters. The second-order valence-electron chi connectivity index (χ2n) is 5.97. The number of aryl methyl sites for hydroxylation is 2. The SMILES string of the molecule is Cc1nc2cc(CNC(=O)C(C)(C)C)ccc2n1C. The van der Waals surface area contributed by atoms with Crippen molar-refractivity contribution in [3.8, 4) is 0 Å². The van der Waals surface area contributed by atoms with E-state index >= 15 is 0 Å². The number of aromatic nitrogens is 2. The Hall–Kier alpha value is -1.84. The number of fused-ring (bicyclic) bond motifs is 1. The monoisotopic (exact) mass is 259 g/mol. The molecule has 0 unspecified atom stereocenters. The summed E-state index contributed by atoms with van der Waals surface area (Å²) in [5.74, 6) is 1.05. The van der Waals surface area contributed by atoms with Gasteiger partial charge in [-0.15, -0.1) is 0 Å². The number of benzene rings is 1. The van der Waals surface area contributed by atoms with Crippen molar-refractivity contribution in [1.82, 2.24) is 14.9 Å². The molecule has 0 bridgehead atoms. The van der Waals surface area contributed by atoms with Crippen LogP contribution < -0.4 is 5.32 Å². The molecule has 0 spiro atoms. The van der Waals surface area contributed by atoms with Crippen LogP contribution in [0.4, 0.5) is 0 Å². The van der Waals surface area contributed by atoms with Crippen LogP contribution in [0.15, 0.2) is 18.2 Å². The lowest BCUT2D eigenvalue weighted by Gasteiger charge is -2.17.